The van der Waals surface area contributed by atoms with Gasteiger partial charge in [0.25, 0.3) is 0 Å². The molecule has 3 aromatic rings. The van der Waals surface area contributed by atoms with Gasteiger partial charge >= 0.3 is 0 Å². The Morgan fingerprint density at radius 1 is 1.12 bits per heavy atom. The van der Waals surface area contributed by atoms with Gasteiger partial charge < -0.3 is 14.1 Å². The first-order valence-corrected chi connectivity index (χ1v) is 9.59. The van der Waals surface area contributed by atoms with Crippen LogP contribution in [0, 0.1) is 11.8 Å². The molecule has 1 fully saturated rings. The van der Waals surface area contributed by atoms with Gasteiger partial charge in [0.15, 0.2) is 11.5 Å². The molecule has 0 spiro atoms. The molecule has 1 aliphatic heterocycles. The highest BCUT2D eigenvalue weighted by molar-refractivity contribution is 7.17. The number of rotatable bonds is 2. The van der Waals surface area contributed by atoms with Crippen LogP contribution in [0.15, 0.2) is 44.9 Å². The minimum Gasteiger partial charge on any atom is -0.497 e. The molecule has 0 radical (unpaired) electrons. The summed E-state index contributed by atoms with van der Waals surface area (Å²) in [5.41, 5.74) is 2.26. The second-order valence-electron chi connectivity index (χ2n) is 6.28. The minimum absolute atomic E-state index is 0.00863. The van der Waals surface area contributed by atoms with Crippen molar-refractivity contribution >= 4 is 27.5 Å². The first kappa shape index (κ1) is 16.7. The molecule has 2 aromatic heterocycles. The Hall–Kier alpha value is -2.71. The molecule has 4 nitrogen and oxygen atoms in total. The van der Waals surface area contributed by atoms with Gasteiger partial charge in [0.2, 0.25) is 5.43 Å². The second kappa shape index (κ2) is 7.27. The van der Waals surface area contributed by atoms with E-state index in [4.69, 9.17) is 9.15 Å². The summed E-state index contributed by atoms with van der Waals surface area (Å²) in [6.07, 6.45) is 3.51. The summed E-state index contributed by atoms with van der Waals surface area (Å²) < 4.78 is 11.9. The number of fused-ring (bicyclic) bond motifs is 1. The molecular formula is C21H19NO3S. The lowest BCUT2D eigenvalue weighted by Crippen LogP contribution is -2.29. The van der Waals surface area contributed by atoms with E-state index < -0.39 is 0 Å². The normalized spacial score (nSPS) is 14.1. The number of benzene rings is 1. The lowest BCUT2D eigenvalue weighted by molar-refractivity contribution is 0.415. The number of piperidine rings is 1. The van der Waals surface area contributed by atoms with Crippen LogP contribution in [0.2, 0.25) is 0 Å². The molecule has 0 atom stereocenters. The van der Waals surface area contributed by atoms with Gasteiger partial charge in [-0.1, -0.05) is 11.8 Å². The van der Waals surface area contributed by atoms with Crippen molar-refractivity contribution in [3.05, 3.63) is 57.1 Å². The molecule has 0 bridgehead atoms. The van der Waals surface area contributed by atoms with E-state index in [1.165, 1.54) is 17.8 Å². The molecule has 1 aliphatic rings. The number of methoxy groups -OCH3 is 1. The summed E-state index contributed by atoms with van der Waals surface area (Å²) in [7, 11) is 1.64. The van der Waals surface area contributed by atoms with Gasteiger partial charge in [-0.3, -0.25) is 4.79 Å². The molecule has 1 saturated heterocycles. The van der Waals surface area contributed by atoms with Crippen LogP contribution in [0.3, 0.4) is 0 Å². The zero-order chi connectivity index (χ0) is 17.9. The molecule has 0 amide bonds. The Morgan fingerprint density at radius 3 is 2.62 bits per heavy atom. The number of hydrogen-bond donors (Lipinski definition) is 0. The van der Waals surface area contributed by atoms with Gasteiger partial charge in [0.1, 0.15) is 10.4 Å². The van der Waals surface area contributed by atoms with E-state index in [2.05, 4.69) is 16.7 Å². The molecular weight excluding hydrogens is 346 g/mol. The SMILES string of the molecule is COc1ccc(C#Cc2csc3c(=O)cc(N4CCCCC4)oc23)cc1. The van der Waals surface area contributed by atoms with Crippen LogP contribution in [0.1, 0.15) is 30.4 Å². The van der Waals surface area contributed by atoms with E-state index >= 15 is 0 Å². The summed E-state index contributed by atoms with van der Waals surface area (Å²) in [6.45, 7) is 1.87. The number of anilines is 1. The molecule has 5 heteroatoms. The van der Waals surface area contributed by atoms with Crippen molar-refractivity contribution in [3.63, 3.8) is 0 Å². The van der Waals surface area contributed by atoms with Gasteiger partial charge in [-0.05, 0) is 43.5 Å². The predicted molar refractivity (Wildman–Crippen MR) is 105 cm³/mol. The number of nitrogens with zero attached hydrogens (tertiary/aromatic N) is 1. The summed E-state index contributed by atoms with van der Waals surface area (Å²) >= 11 is 1.39. The standard InChI is InChI=1S/C21H19NO3S/c1-24-17-9-6-15(7-10-17)5-8-16-14-26-21-18(23)13-19(25-20(16)21)22-11-3-2-4-12-22/h6-7,9-10,13-14H,2-4,11-12H2,1H3. The van der Waals surface area contributed by atoms with Crippen LogP contribution < -0.4 is 15.1 Å². The second-order valence-corrected chi connectivity index (χ2v) is 7.16. The largest absolute Gasteiger partial charge is 0.497 e. The van der Waals surface area contributed by atoms with Crippen molar-refractivity contribution in [2.75, 3.05) is 25.1 Å². The highest BCUT2D eigenvalue weighted by atomic mass is 32.1. The third-order valence-corrected chi connectivity index (χ3v) is 5.51. The van der Waals surface area contributed by atoms with Crippen LogP contribution in [0.4, 0.5) is 5.88 Å². The number of thiophene rings is 1. The van der Waals surface area contributed by atoms with Crippen molar-refractivity contribution in [2.45, 2.75) is 19.3 Å². The van der Waals surface area contributed by atoms with E-state index in [-0.39, 0.29) is 5.43 Å². The van der Waals surface area contributed by atoms with Crippen molar-refractivity contribution in [2.24, 2.45) is 0 Å². The quantitative estimate of drug-likeness (QED) is 0.637. The van der Waals surface area contributed by atoms with Crippen LogP contribution in [0.5, 0.6) is 5.75 Å². The van der Waals surface area contributed by atoms with Crippen LogP contribution in [-0.2, 0) is 0 Å². The van der Waals surface area contributed by atoms with Gasteiger partial charge in [0.05, 0.1) is 12.7 Å². The van der Waals surface area contributed by atoms with Crippen LogP contribution in [-0.4, -0.2) is 20.2 Å². The molecule has 0 saturated carbocycles. The third-order valence-electron chi connectivity index (χ3n) is 4.53. The molecule has 0 N–H and O–H groups in total. The van der Waals surface area contributed by atoms with Gasteiger partial charge in [0, 0.05) is 30.1 Å². The number of hydrogen-bond acceptors (Lipinski definition) is 5. The summed E-state index contributed by atoms with van der Waals surface area (Å²) in [5, 5.41) is 1.89. The molecule has 3 heterocycles. The van der Waals surface area contributed by atoms with Crippen molar-refractivity contribution in [1.82, 2.24) is 0 Å². The summed E-state index contributed by atoms with van der Waals surface area (Å²) in [5.74, 6) is 7.74. The maximum Gasteiger partial charge on any atom is 0.204 e. The highest BCUT2D eigenvalue weighted by Gasteiger charge is 2.17. The Balaban J connectivity index is 1.70. The summed E-state index contributed by atoms with van der Waals surface area (Å²) in [6, 6.07) is 9.20. The Kier molecular flexibility index (Phi) is 4.68. The van der Waals surface area contributed by atoms with E-state index in [9.17, 15) is 4.79 Å². The first-order valence-electron chi connectivity index (χ1n) is 8.71. The minimum atomic E-state index is 0.00863. The Labute approximate surface area is 156 Å². The van der Waals surface area contributed by atoms with Crippen LogP contribution >= 0.6 is 11.3 Å². The van der Waals surface area contributed by atoms with Crippen LogP contribution in [0.25, 0.3) is 10.3 Å². The zero-order valence-electron chi connectivity index (χ0n) is 14.6. The highest BCUT2D eigenvalue weighted by Crippen LogP contribution is 2.28. The van der Waals surface area contributed by atoms with E-state index in [1.807, 2.05) is 29.6 Å². The fourth-order valence-electron chi connectivity index (χ4n) is 3.10. The number of ether oxygens (including phenoxy) is 1. The molecule has 4 rings (SSSR count). The van der Waals surface area contributed by atoms with E-state index in [0.717, 1.165) is 42.8 Å². The molecule has 0 unspecified atom stereocenters. The monoisotopic (exact) mass is 365 g/mol. The molecule has 132 valence electrons. The fourth-order valence-corrected chi connectivity index (χ4v) is 3.94. The van der Waals surface area contributed by atoms with Gasteiger partial charge in [-0.25, -0.2) is 0 Å². The van der Waals surface area contributed by atoms with Gasteiger partial charge in [-0.15, -0.1) is 11.3 Å². The third kappa shape index (κ3) is 3.33. The van der Waals surface area contributed by atoms with E-state index in [1.54, 1.807) is 13.2 Å². The molecule has 0 aliphatic carbocycles. The summed E-state index contributed by atoms with van der Waals surface area (Å²) in [4.78, 5) is 14.6. The fraction of sp³-hybridized carbons (Fsp3) is 0.286. The zero-order valence-corrected chi connectivity index (χ0v) is 15.4. The maximum atomic E-state index is 12.5. The average molecular weight is 365 g/mol. The van der Waals surface area contributed by atoms with Crippen molar-refractivity contribution in [1.29, 1.82) is 0 Å². The lowest BCUT2D eigenvalue weighted by atomic mass is 10.1. The maximum absolute atomic E-state index is 12.5. The van der Waals surface area contributed by atoms with E-state index in [0.29, 0.717) is 16.2 Å². The topological polar surface area (TPSA) is 42.7 Å². The van der Waals surface area contributed by atoms with Crippen molar-refractivity contribution in [3.8, 4) is 17.6 Å². The smallest absolute Gasteiger partial charge is 0.204 e. The Bertz CT molecular complexity index is 1030. The molecule has 26 heavy (non-hydrogen) atoms. The van der Waals surface area contributed by atoms with Gasteiger partial charge in [-0.2, -0.15) is 0 Å². The van der Waals surface area contributed by atoms with Crippen molar-refractivity contribution < 1.29 is 9.15 Å². The Morgan fingerprint density at radius 2 is 1.88 bits per heavy atom. The average Bonchev–Trinajstić information content (AvgIpc) is 3.11. The predicted octanol–water partition coefficient (Wildman–Crippen LogP) is 4.25. The molecule has 1 aromatic carbocycles. The lowest BCUT2D eigenvalue weighted by Gasteiger charge is -2.26. The first-order chi connectivity index (χ1) is 12.7.